The Morgan fingerprint density at radius 2 is 2.12 bits per heavy atom. The molecule has 0 spiro atoms. The monoisotopic (exact) mass is 471 g/mol. The summed E-state index contributed by atoms with van der Waals surface area (Å²) in [5.74, 6) is 1.93. The summed E-state index contributed by atoms with van der Waals surface area (Å²) in [5, 5.41) is 8.78. The minimum absolute atomic E-state index is 0. The Labute approximate surface area is 171 Å². The molecule has 0 radical (unpaired) electrons. The number of anilines is 1. The second kappa shape index (κ2) is 10.6. The number of aliphatic imine (C=N–C) groups is 1. The van der Waals surface area contributed by atoms with Crippen molar-refractivity contribution in [3.63, 3.8) is 0 Å². The van der Waals surface area contributed by atoms with E-state index in [2.05, 4.69) is 51.0 Å². The number of aromatic nitrogens is 1. The van der Waals surface area contributed by atoms with Gasteiger partial charge in [0.2, 0.25) is 0 Å². The largest absolute Gasteiger partial charge is 0.357 e. The smallest absolute Gasteiger partial charge is 0.191 e. The standard InChI is InChI=1S/C18H25N5S.HI/c1-2-19-18(22-14-16-6-5-11-24-16)21-13-15-7-8-20-17(12-15)23-9-3-4-10-23;/h5-8,11-12H,2-4,9-10,13-14H2,1H3,(H2,19,21,22);1H. The van der Waals surface area contributed by atoms with Gasteiger partial charge >= 0.3 is 0 Å². The minimum atomic E-state index is 0. The van der Waals surface area contributed by atoms with E-state index in [1.807, 2.05) is 12.3 Å². The second-order valence-corrected chi connectivity index (χ2v) is 6.88. The SMILES string of the molecule is CCNC(=NCc1ccnc(N2CCCC2)c1)NCc1cccs1.I. The zero-order valence-electron chi connectivity index (χ0n) is 14.6. The number of rotatable bonds is 6. The van der Waals surface area contributed by atoms with Crippen LogP contribution in [0.4, 0.5) is 5.82 Å². The third kappa shape index (κ3) is 6.14. The van der Waals surface area contributed by atoms with Crippen LogP contribution >= 0.6 is 35.3 Å². The van der Waals surface area contributed by atoms with Crippen molar-refractivity contribution in [1.29, 1.82) is 0 Å². The van der Waals surface area contributed by atoms with Gasteiger partial charge in [0.15, 0.2) is 5.96 Å². The number of thiophene rings is 1. The summed E-state index contributed by atoms with van der Waals surface area (Å²) in [6.45, 7) is 6.63. The first-order valence-corrected chi connectivity index (χ1v) is 9.47. The number of guanidine groups is 1. The maximum Gasteiger partial charge on any atom is 0.191 e. The summed E-state index contributed by atoms with van der Waals surface area (Å²) >= 11 is 1.75. The molecule has 0 bridgehead atoms. The fourth-order valence-electron chi connectivity index (χ4n) is 2.77. The summed E-state index contributed by atoms with van der Waals surface area (Å²) in [7, 11) is 0. The predicted octanol–water partition coefficient (Wildman–Crippen LogP) is 3.62. The van der Waals surface area contributed by atoms with Gasteiger partial charge in [-0.2, -0.15) is 0 Å². The zero-order valence-corrected chi connectivity index (χ0v) is 17.7. The van der Waals surface area contributed by atoms with E-state index < -0.39 is 0 Å². The average molecular weight is 471 g/mol. The minimum Gasteiger partial charge on any atom is -0.357 e. The molecule has 0 saturated carbocycles. The lowest BCUT2D eigenvalue weighted by Gasteiger charge is -2.16. The van der Waals surface area contributed by atoms with E-state index in [9.17, 15) is 0 Å². The number of pyridine rings is 1. The molecule has 1 aliphatic rings. The fourth-order valence-corrected chi connectivity index (χ4v) is 3.42. The molecule has 136 valence electrons. The Balaban J connectivity index is 0.00000225. The van der Waals surface area contributed by atoms with E-state index in [4.69, 9.17) is 4.99 Å². The lowest BCUT2D eigenvalue weighted by molar-refractivity contribution is 0.822. The molecule has 3 rings (SSSR count). The van der Waals surface area contributed by atoms with Crippen LogP contribution in [0, 0.1) is 0 Å². The molecule has 2 N–H and O–H groups in total. The molecule has 0 amide bonds. The van der Waals surface area contributed by atoms with Crippen LogP contribution in [0.25, 0.3) is 0 Å². The normalized spacial score (nSPS) is 14.3. The number of nitrogens with zero attached hydrogens (tertiary/aromatic N) is 3. The van der Waals surface area contributed by atoms with Gasteiger partial charge in [0.1, 0.15) is 5.82 Å². The van der Waals surface area contributed by atoms with Gasteiger partial charge in [-0.25, -0.2) is 9.98 Å². The first kappa shape index (κ1) is 20.0. The topological polar surface area (TPSA) is 52.6 Å². The Hall–Kier alpha value is -1.35. The van der Waals surface area contributed by atoms with Crippen LogP contribution in [0.1, 0.15) is 30.2 Å². The Kier molecular flexibility index (Phi) is 8.47. The Morgan fingerprint density at radius 3 is 2.84 bits per heavy atom. The molecule has 3 heterocycles. The van der Waals surface area contributed by atoms with Crippen molar-refractivity contribution in [2.45, 2.75) is 32.9 Å². The molecule has 2 aromatic rings. The molecule has 0 aliphatic carbocycles. The first-order chi connectivity index (χ1) is 11.8. The van der Waals surface area contributed by atoms with Gasteiger partial charge in [-0.1, -0.05) is 6.07 Å². The lowest BCUT2D eigenvalue weighted by atomic mass is 10.2. The van der Waals surface area contributed by atoms with Crippen LogP contribution in [0.2, 0.25) is 0 Å². The number of hydrogen-bond acceptors (Lipinski definition) is 4. The van der Waals surface area contributed by atoms with Crippen LogP contribution in [-0.2, 0) is 13.1 Å². The van der Waals surface area contributed by atoms with Crippen LogP contribution in [0.5, 0.6) is 0 Å². The molecule has 1 aliphatic heterocycles. The maximum absolute atomic E-state index is 4.70. The highest BCUT2D eigenvalue weighted by Gasteiger charge is 2.13. The van der Waals surface area contributed by atoms with Gasteiger partial charge in [0.05, 0.1) is 13.1 Å². The summed E-state index contributed by atoms with van der Waals surface area (Å²) in [5.41, 5.74) is 1.19. The predicted molar refractivity (Wildman–Crippen MR) is 117 cm³/mol. The van der Waals surface area contributed by atoms with Gasteiger partial charge in [0.25, 0.3) is 0 Å². The van der Waals surface area contributed by atoms with Crippen LogP contribution in [0.15, 0.2) is 40.8 Å². The van der Waals surface area contributed by atoms with Crippen molar-refractivity contribution in [2.75, 3.05) is 24.5 Å². The molecule has 1 fully saturated rings. The third-order valence-electron chi connectivity index (χ3n) is 4.01. The fraction of sp³-hybridized carbons (Fsp3) is 0.444. The van der Waals surface area contributed by atoms with Crippen LogP contribution in [-0.4, -0.2) is 30.6 Å². The number of hydrogen-bond donors (Lipinski definition) is 2. The average Bonchev–Trinajstić information content (AvgIpc) is 3.31. The van der Waals surface area contributed by atoms with E-state index in [0.717, 1.165) is 38.0 Å². The van der Waals surface area contributed by atoms with E-state index >= 15 is 0 Å². The molecular formula is C18H26IN5S. The highest BCUT2D eigenvalue weighted by molar-refractivity contribution is 14.0. The summed E-state index contributed by atoms with van der Waals surface area (Å²) < 4.78 is 0. The van der Waals surface area contributed by atoms with Crippen molar-refractivity contribution in [3.05, 3.63) is 46.3 Å². The maximum atomic E-state index is 4.70. The van der Waals surface area contributed by atoms with E-state index in [1.165, 1.54) is 23.3 Å². The van der Waals surface area contributed by atoms with Crippen LogP contribution in [0.3, 0.4) is 0 Å². The van der Waals surface area contributed by atoms with Crippen molar-refractivity contribution in [1.82, 2.24) is 15.6 Å². The van der Waals surface area contributed by atoms with E-state index in [0.29, 0.717) is 6.54 Å². The number of nitrogens with one attached hydrogen (secondary N) is 2. The molecule has 0 aromatic carbocycles. The molecule has 1 saturated heterocycles. The van der Waals surface area contributed by atoms with Crippen molar-refractivity contribution in [3.8, 4) is 0 Å². The van der Waals surface area contributed by atoms with Crippen molar-refractivity contribution >= 4 is 47.1 Å². The van der Waals surface area contributed by atoms with E-state index in [-0.39, 0.29) is 24.0 Å². The quantitative estimate of drug-likeness (QED) is 0.384. The van der Waals surface area contributed by atoms with Gasteiger partial charge in [0, 0.05) is 30.7 Å². The van der Waals surface area contributed by atoms with Crippen molar-refractivity contribution < 1.29 is 0 Å². The Morgan fingerprint density at radius 1 is 1.28 bits per heavy atom. The third-order valence-corrected chi connectivity index (χ3v) is 4.89. The van der Waals surface area contributed by atoms with Gasteiger partial charge in [-0.05, 0) is 48.9 Å². The summed E-state index contributed by atoms with van der Waals surface area (Å²) in [4.78, 5) is 12.9. The molecule has 7 heteroatoms. The molecular weight excluding hydrogens is 445 g/mol. The first-order valence-electron chi connectivity index (χ1n) is 8.59. The van der Waals surface area contributed by atoms with E-state index in [1.54, 1.807) is 11.3 Å². The summed E-state index contributed by atoms with van der Waals surface area (Å²) in [6, 6.07) is 8.42. The molecule has 0 atom stereocenters. The highest BCUT2D eigenvalue weighted by Crippen LogP contribution is 2.18. The zero-order chi connectivity index (χ0) is 16.6. The molecule has 25 heavy (non-hydrogen) atoms. The van der Waals surface area contributed by atoms with Gasteiger partial charge in [-0.15, -0.1) is 35.3 Å². The molecule has 2 aromatic heterocycles. The lowest BCUT2D eigenvalue weighted by Crippen LogP contribution is -2.36. The summed E-state index contributed by atoms with van der Waals surface area (Å²) in [6.07, 6.45) is 4.42. The highest BCUT2D eigenvalue weighted by atomic mass is 127. The van der Waals surface area contributed by atoms with Gasteiger partial charge < -0.3 is 15.5 Å². The molecule has 5 nitrogen and oxygen atoms in total. The second-order valence-electron chi connectivity index (χ2n) is 5.84. The van der Waals surface area contributed by atoms with Crippen molar-refractivity contribution in [2.24, 2.45) is 4.99 Å². The Bertz CT molecular complexity index is 653. The number of halogens is 1. The van der Waals surface area contributed by atoms with Gasteiger partial charge in [-0.3, -0.25) is 0 Å². The molecule has 0 unspecified atom stereocenters. The van der Waals surface area contributed by atoms with Crippen LogP contribution < -0.4 is 15.5 Å².